The van der Waals surface area contributed by atoms with Gasteiger partial charge in [0.25, 0.3) is 0 Å². The van der Waals surface area contributed by atoms with Crippen molar-refractivity contribution >= 4 is 29.3 Å². The van der Waals surface area contributed by atoms with Crippen LogP contribution in [0.5, 0.6) is 23.0 Å². The highest BCUT2D eigenvalue weighted by Gasteiger charge is 2.22. The van der Waals surface area contributed by atoms with E-state index in [1.54, 1.807) is 43.5 Å². The minimum absolute atomic E-state index is 0.0178. The molecule has 0 unspecified atom stereocenters. The van der Waals surface area contributed by atoms with Crippen molar-refractivity contribution in [1.82, 2.24) is 16.0 Å². The van der Waals surface area contributed by atoms with E-state index in [0.717, 1.165) is 28.0 Å². The molecule has 4 rings (SSSR count). The van der Waals surface area contributed by atoms with Crippen LogP contribution in [0.4, 0.5) is 0 Å². The molecule has 6 N–H and O–H groups in total. The quantitative estimate of drug-likeness (QED) is 0.0901. The second kappa shape index (κ2) is 26.7. The summed E-state index contributed by atoms with van der Waals surface area (Å²) < 4.78 is 15.8. The average molecular weight is 829 g/mol. The molecule has 0 aromatic heterocycles. The van der Waals surface area contributed by atoms with E-state index in [9.17, 15) is 24.0 Å². The van der Waals surface area contributed by atoms with E-state index in [1.807, 2.05) is 102 Å². The Balaban J connectivity index is 0.000000406. The number of amides is 3. The number of nitrogens with one attached hydrogen (secondary N) is 3. The Kier molecular flexibility index (Phi) is 23.1. The van der Waals surface area contributed by atoms with Crippen LogP contribution in [-0.2, 0) is 50.2 Å². The Morgan fingerprint density at radius 3 is 1.05 bits per heavy atom. The van der Waals surface area contributed by atoms with Crippen molar-refractivity contribution in [1.29, 1.82) is 0 Å². The summed E-state index contributed by atoms with van der Waals surface area (Å²) >= 11 is 0. The number of methoxy groups -OCH3 is 1. The standard InChI is InChI=1S/C15H21NO3.C13H19NO2.C10H13NO2.C9H11NO2/c1-11(17)16-9-12-5-7-13(8-6-12)19-10-14(18)15(2,3)4;1-13(2,3)12(15)9-16-11-6-4-10(8-14)5-7-11;1-8(12)11-7-9-3-5-10(13-2)6-4-9;1-7(11)10-6-8-2-4-9(12)5-3-8/h5-8H,9-10H2,1-4H3,(H,16,17);4-7H,8-9,14H2,1-3H3;3-6H,7H2,1-2H3,(H,11,12);2-5,12H,6H2,1H3,(H,10,11). The number of benzene rings is 4. The fourth-order valence-electron chi connectivity index (χ4n) is 4.19. The Morgan fingerprint density at radius 2 is 0.783 bits per heavy atom. The van der Waals surface area contributed by atoms with Crippen LogP contribution in [0.25, 0.3) is 0 Å². The number of hydrogen-bond acceptors (Lipinski definition) is 10. The summed E-state index contributed by atoms with van der Waals surface area (Å²) in [5, 5.41) is 17.0. The summed E-state index contributed by atoms with van der Waals surface area (Å²) in [4.78, 5) is 55.2. The second-order valence-corrected chi connectivity index (χ2v) is 15.7. The highest BCUT2D eigenvalue weighted by Crippen LogP contribution is 2.19. The monoisotopic (exact) mass is 828 g/mol. The van der Waals surface area contributed by atoms with Crippen LogP contribution in [0.15, 0.2) is 97.1 Å². The lowest BCUT2D eigenvalue weighted by Gasteiger charge is -2.16. The fraction of sp³-hybridized carbons (Fsp3) is 0.383. The minimum atomic E-state index is -0.384. The van der Waals surface area contributed by atoms with Crippen LogP contribution in [0.1, 0.15) is 84.6 Å². The number of phenols is 1. The second-order valence-electron chi connectivity index (χ2n) is 15.7. The third-order valence-electron chi connectivity index (χ3n) is 8.22. The molecule has 0 heterocycles. The highest BCUT2D eigenvalue weighted by atomic mass is 16.5. The van der Waals surface area contributed by atoms with Crippen molar-refractivity contribution in [3.8, 4) is 23.0 Å². The summed E-state index contributed by atoms with van der Waals surface area (Å²) in [5.41, 5.74) is 8.83. The number of ether oxygens (including phenoxy) is 3. The number of nitrogens with two attached hydrogens (primary N) is 1. The molecule has 0 saturated heterocycles. The molecule has 60 heavy (non-hydrogen) atoms. The largest absolute Gasteiger partial charge is 0.508 e. The maximum atomic E-state index is 11.7. The van der Waals surface area contributed by atoms with Crippen LogP contribution >= 0.6 is 0 Å². The number of ketones is 2. The van der Waals surface area contributed by atoms with Crippen molar-refractivity contribution in [2.45, 2.75) is 88.5 Å². The summed E-state index contributed by atoms with van der Waals surface area (Å²) in [5.74, 6) is 2.45. The van der Waals surface area contributed by atoms with E-state index in [1.165, 1.54) is 20.8 Å². The molecule has 4 aromatic carbocycles. The van der Waals surface area contributed by atoms with Crippen LogP contribution in [-0.4, -0.2) is 54.7 Å². The van der Waals surface area contributed by atoms with Gasteiger partial charge in [-0.2, -0.15) is 0 Å². The van der Waals surface area contributed by atoms with Gasteiger partial charge in [-0.05, 0) is 70.8 Å². The summed E-state index contributed by atoms with van der Waals surface area (Å²) in [7, 11) is 1.63. The van der Waals surface area contributed by atoms with Gasteiger partial charge >= 0.3 is 0 Å². The molecule has 13 heteroatoms. The van der Waals surface area contributed by atoms with Crippen molar-refractivity contribution in [2.75, 3.05) is 20.3 Å². The van der Waals surface area contributed by atoms with Crippen LogP contribution in [0.2, 0.25) is 0 Å². The number of hydrogen-bond donors (Lipinski definition) is 5. The van der Waals surface area contributed by atoms with Crippen molar-refractivity contribution in [3.05, 3.63) is 119 Å². The van der Waals surface area contributed by atoms with Gasteiger partial charge in [0.1, 0.15) is 36.2 Å². The van der Waals surface area contributed by atoms with E-state index in [4.69, 9.17) is 25.1 Å². The first-order valence-electron chi connectivity index (χ1n) is 19.5. The molecular weight excluding hydrogens is 765 g/mol. The van der Waals surface area contributed by atoms with Crippen molar-refractivity contribution in [2.24, 2.45) is 16.6 Å². The Hall–Kier alpha value is -6.21. The van der Waals surface area contributed by atoms with Crippen molar-refractivity contribution < 1.29 is 43.3 Å². The number of phenolic OH excluding ortho intramolecular Hbond substituents is 1. The third-order valence-corrected chi connectivity index (χ3v) is 8.22. The number of aromatic hydroxyl groups is 1. The first-order chi connectivity index (χ1) is 28.1. The number of carbonyl (C=O) groups is 5. The highest BCUT2D eigenvalue weighted by molar-refractivity contribution is 5.85. The van der Waals surface area contributed by atoms with Gasteiger partial charge in [0.2, 0.25) is 17.7 Å². The average Bonchev–Trinajstić information content (AvgIpc) is 3.20. The molecule has 0 saturated carbocycles. The minimum Gasteiger partial charge on any atom is -0.508 e. The van der Waals surface area contributed by atoms with Gasteiger partial charge in [0.05, 0.1) is 7.11 Å². The molecular formula is C47H64N4O9. The first-order valence-corrected chi connectivity index (χ1v) is 19.5. The van der Waals surface area contributed by atoms with Gasteiger partial charge in [0, 0.05) is 57.8 Å². The molecule has 13 nitrogen and oxygen atoms in total. The predicted molar refractivity (Wildman–Crippen MR) is 234 cm³/mol. The summed E-state index contributed by atoms with van der Waals surface area (Å²) in [6.45, 7) is 18.0. The molecule has 0 radical (unpaired) electrons. The lowest BCUT2D eigenvalue weighted by Crippen LogP contribution is -2.26. The smallest absolute Gasteiger partial charge is 0.217 e. The van der Waals surface area contributed by atoms with Crippen molar-refractivity contribution in [3.63, 3.8) is 0 Å². The van der Waals surface area contributed by atoms with Gasteiger partial charge in [-0.15, -0.1) is 0 Å². The van der Waals surface area contributed by atoms with Crippen LogP contribution < -0.4 is 35.9 Å². The maximum absolute atomic E-state index is 11.7. The summed E-state index contributed by atoms with van der Waals surface area (Å²) in [6.07, 6.45) is 0. The van der Waals surface area contributed by atoms with E-state index in [2.05, 4.69) is 16.0 Å². The molecule has 0 aliphatic carbocycles. The molecule has 0 bridgehead atoms. The fourth-order valence-corrected chi connectivity index (χ4v) is 4.19. The number of carbonyl (C=O) groups excluding carboxylic acids is 5. The Morgan fingerprint density at radius 1 is 0.500 bits per heavy atom. The van der Waals surface area contributed by atoms with Gasteiger partial charge in [-0.25, -0.2) is 0 Å². The first kappa shape index (κ1) is 51.8. The molecule has 0 spiro atoms. The van der Waals surface area contributed by atoms with E-state index < -0.39 is 0 Å². The van der Waals surface area contributed by atoms with E-state index in [-0.39, 0.29) is 59.1 Å². The molecule has 3 amide bonds. The molecule has 0 aliphatic heterocycles. The molecule has 0 aliphatic rings. The molecule has 0 fully saturated rings. The molecule has 0 atom stereocenters. The van der Waals surface area contributed by atoms with Gasteiger partial charge in [-0.1, -0.05) is 90.1 Å². The Bertz CT molecular complexity index is 1900. The van der Waals surface area contributed by atoms with Gasteiger partial charge in [0.15, 0.2) is 11.6 Å². The maximum Gasteiger partial charge on any atom is 0.217 e. The van der Waals surface area contributed by atoms with Gasteiger partial charge < -0.3 is 41.0 Å². The zero-order valence-electron chi connectivity index (χ0n) is 36.8. The zero-order chi connectivity index (χ0) is 45.3. The number of Topliss-reactive ketones (excluding diaryl/α,β-unsaturated/α-hetero) is 2. The lowest BCUT2D eigenvalue weighted by molar-refractivity contribution is -0.128. The van der Waals surface area contributed by atoms with Crippen LogP contribution in [0.3, 0.4) is 0 Å². The van der Waals surface area contributed by atoms with Gasteiger partial charge in [-0.3, -0.25) is 24.0 Å². The zero-order valence-corrected chi connectivity index (χ0v) is 36.8. The summed E-state index contributed by atoms with van der Waals surface area (Å²) in [6, 6.07) is 29.1. The predicted octanol–water partition coefficient (Wildman–Crippen LogP) is 6.82. The number of rotatable bonds is 14. The molecule has 4 aromatic rings. The lowest BCUT2D eigenvalue weighted by atomic mass is 9.91. The SMILES string of the molecule is CC(=O)NCc1ccc(O)cc1.CC(=O)NCc1ccc(OCC(=O)C(C)(C)C)cc1.CC(C)(C)C(=O)COc1ccc(CN)cc1.COc1ccc(CNC(C)=O)cc1. The third kappa shape index (κ3) is 23.9. The van der Waals surface area contributed by atoms with Crippen LogP contribution in [0, 0.1) is 10.8 Å². The van der Waals surface area contributed by atoms with E-state index in [0.29, 0.717) is 37.7 Å². The topological polar surface area (TPSA) is 195 Å². The molecule has 326 valence electrons. The normalized spacial score (nSPS) is 10.4. The Labute approximate surface area is 355 Å². The van der Waals surface area contributed by atoms with E-state index >= 15 is 0 Å².